The van der Waals surface area contributed by atoms with Gasteiger partial charge in [0.1, 0.15) is 18.3 Å². The van der Waals surface area contributed by atoms with Crippen molar-refractivity contribution >= 4 is 17.9 Å². The van der Waals surface area contributed by atoms with Gasteiger partial charge >= 0.3 is 17.9 Å². The minimum Gasteiger partial charge on any atom is -0.490 e. The van der Waals surface area contributed by atoms with Crippen molar-refractivity contribution in [1.29, 1.82) is 0 Å². The van der Waals surface area contributed by atoms with Crippen molar-refractivity contribution in [3.8, 4) is 0 Å². The van der Waals surface area contributed by atoms with Crippen LogP contribution in [0.3, 0.4) is 0 Å². The summed E-state index contributed by atoms with van der Waals surface area (Å²) in [6.45, 7) is 16.1. The van der Waals surface area contributed by atoms with Gasteiger partial charge in [0.15, 0.2) is 5.79 Å². The quantitative estimate of drug-likeness (QED) is 0.153. The largest absolute Gasteiger partial charge is 0.490 e. The molecule has 2 rings (SSSR count). The molecule has 1 fully saturated rings. The zero-order valence-corrected chi connectivity index (χ0v) is 33.7. The van der Waals surface area contributed by atoms with Gasteiger partial charge in [-0.2, -0.15) is 0 Å². The van der Waals surface area contributed by atoms with Crippen molar-refractivity contribution in [2.75, 3.05) is 14.2 Å². The average molecular weight is 765 g/mol. The molecule has 0 radical (unpaired) electrons. The maximum atomic E-state index is 13.7. The van der Waals surface area contributed by atoms with Crippen LogP contribution in [-0.2, 0) is 38.1 Å². The second-order valence-corrected chi connectivity index (χ2v) is 15.2. The van der Waals surface area contributed by atoms with Gasteiger partial charge in [0.2, 0.25) is 5.76 Å². The van der Waals surface area contributed by atoms with E-state index >= 15 is 0 Å². The predicted molar refractivity (Wildman–Crippen MR) is 201 cm³/mol. The summed E-state index contributed by atoms with van der Waals surface area (Å²) in [6.07, 6.45) is 4.45. The monoisotopic (exact) mass is 764 g/mol. The Balaban J connectivity index is 2.56. The first-order chi connectivity index (χ1) is 25.2. The van der Waals surface area contributed by atoms with Crippen molar-refractivity contribution in [2.24, 2.45) is 35.5 Å². The van der Waals surface area contributed by atoms with E-state index in [-0.39, 0.29) is 35.9 Å². The van der Waals surface area contributed by atoms with E-state index in [1.807, 2.05) is 33.8 Å². The number of allylic oxidation sites excluding steroid dienone is 5. The smallest absolute Gasteiger partial charge is 0.373 e. The van der Waals surface area contributed by atoms with Crippen LogP contribution < -0.4 is 0 Å². The minimum atomic E-state index is -2.00. The van der Waals surface area contributed by atoms with E-state index < -0.39 is 78.3 Å². The van der Waals surface area contributed by atoms with Gasteiger partial charge in [-0.15, -0.1) is 0 Å². The fourth-order valence-electron chi connectivity index (χ4n) is 7.41. The van der Waals surface area contributed by atoms with Crippen LogP contribution in [0, 0.1) is 35.5 Å². The van der Waals surface area contributed by atoms with E-state index in [1.54, 1.807) is 52.8 Å². The van der Waals surface area contributed by atoms with Crippen LogP contribution in [0.1, 0.15) is 81.6 Å². The molecule has 1 saturated heterocycles. The molecule has 0 saturated carbocycles. The summed E-state index contributed by atoms with van der Waals surface area (Å²) in [6, 6.07) is 0. The normalized spacial score (nSPS) is 35.3. The number of aliphatic carboxylic acids is 1. The summed E-state index contributed by atoms with van der Waals surface area (Å²) < 4.78 is 28.9. The number of hydrogen-bond acceptors (Lipinski definition) is 12. The van der Waals surface area contributed by atoms with E-state index in [0.717, 1.165) is 11.6 Å². The molecule has 0 aromatic carbocycles. The molecule has 0 spiro atoms. The van der Waals surface area contributed by atoms with Crippen molar-refractivity contribution in [2.45, 2.75) is 130 Å². The molecule has 54 heavy (non-hydrogen) atoms. The van der Waals surface area contributed by atoms with Gasteiger partial charge in [-0.3, -0.25) is 0 Å². The van der Waals surface area contributed by atoms with Crippen LogP contribution in [-0.4, -0.2) is 106 Å². The minimum absolute atomic E-state index is 0.139. The number of carbonyl (C=O) groups excluding carboxylic acids is 2. The zero-order valence-electron chi connectivity index (χ0n) is 33.7. The first kappa shape index (κ1) is 46.8. The van der Waals surface area contributed by atoms with Crippen LogP contribution in [0.5, 0.6) is 0 Å². The van der Waals surface area contributed by atoms with Gasteiger partial charge in [-0.1, -0.05) is 77.0 Å². The summed E-state index contributed by atoms with van der Waals surface area (Å²) in [5.41, 5.74) is 1.57. The lowest BCUT2D eigenvalue weighted by Gasteiger charge is -2.48. The molecule has 5 N–H and O–H groups in total. The molecular formula is C41H64O13. The van der Waals surface area contributed by atoms with Gasteiger partial charge in [0.25, 0.3) is 0 Å². The fourth-order valence-corrected chi connectivity index (χ4v) is 7.41. The highest BCUT2D eigenvalue weighted by Crippen LogP contribution is 2.41. The molecular weight excluding hydrogens is 700 g/mol. The van der Waals surface area contributed by atoms with E-state index in [1.165, 1.54) is 20.3 Å². The number of rotatable bonds is 10. The maximum Gasteiger partial charge on any atom is 0.373 e. The van der Waals surface area contributed by atoms with Crippen molar-refractivity contribution in [1.82, 2.24) is 0 Å². The molecule has 13 heteroatoms. The van der Waals surface area contributed by atoms with Gasteiger partial charge < -0.3 is 49.2 Å². The Morgan fingerprint density at radius 3 is 2.30 bits per heavy atom. The van der Waals surface area contributed by atoms with E-state index in [2.05, 4.69) is 0 Å². The Hall–Kier alpha value is -3.33. The molecule has 0 aromatic heterocycles. The standard InChI is InChI=1S/C41H64O13/c1-12-30-36(45)24(4)18-22(2)14-13-15-31(50-10)39(53-40(48)32(51-11)20-23(3)19-25(5)37(30)46)27(7)38(47)28(8)41(49)21-33(26(6)29(9)54-41)52-35(44)17-16-34(42)43/h13-17,19-20,24-31,33,36-39,45-47,49H,12,18,21H2,1-11H3,(H,42,43). The summed E-state index contributed by atoms with van der Waals surface area (Å²) in [7, 11) is 2.76. The highest BCUT2D eigenvalue weighted by molar-refractivity contribution is 5.90. The highest BCUT2D eigenvalue weighted by Gasteiger charge is 2.51. The zero-order chi connectivity index (χ0) is 41.1. The van der Waals surface area contributed by atoms with Crippen LogP contribution in [0.15, 0.2) is 59.4 Å². The number of aliphatic hydroxyl groups is 4. The highest BCUT2D eigenvalue weighted by atomic mass is 16.6. The lowest BCUT2D eigenvalue weighted by atomic mass is 9.77. The van der Waals surface area contributed by atoms with Crippen molar-refractivity contribution < 1.29 is 63.6 Å². The second-order valence-electron chi connectivity index (χ2n) is 15.2. The van der Waals surface area contributed by atoms with Crippen molar-refractivity contribution in [3.63, 3.8) is 0 Å². The van der Waals surface area contributed by atoms with E-state index in [4.69, 9.17) is 28.8 Å². The summed E-state index contributed by atoms with van der Waals surface area (Å²) >= 11 is 0. The molecule has 0 aromatic rings. The third kappa shape index (κ3) is 12.6. The number of carboxylic acids is 1. The van der Waals surface area contributed by atoms with Gasteiger partial charge in [0, 0.05) is 55.3 Å². The molecule has 0 amide bonds. The predicted octanol–water partition coefficient (Wildman–Crippen LogP) is 4.64. The SMILES string of the molecule is CCC1C(O)C(C)C=C(C)C=C(OC)C(=O)OC(C(C)C(O)C(C)C2(O)CC(OC(=O)C=CC(=O)O)C(C)C(C)O2)C(OC)C=CC=C(C)CC(C)C1O. The number of ether oxygens (including phenoxy) is 5. The molecule has 306 valence electrons. The molecule has 2 aliphatic heterocycles. The molecule has 0 aliphatic carbocycles. The molecule has 13 nitrogen and oxygen atoms in total. The Morgan fingerprint density at radius 1 is 1.07 bits per heavy atom. The maximum absolute atomic E-state index is 13.7. The third-order valence-electron chi connectivity index (χ3n) is 11.1. The Kier molecular flexibility index (Phi) is 18.3. The second kappa shape index (κ2) is 21.1. The van der Waals surface area contributed by atoms with E-state index in [0.29, 0.717) is 24.5 Å². The summed E-state index contributed by atoms with van der Waals surface area (Å²) in [5, 5.41) is 55.2. The lowest BCUT2D eigenvalue weighted by Crippen LogP contribution is -2.58. The Bertz CT molecular complexity index is 1410. The molecule has 2 heterocycles. The number of hydrogen-bond donors (Lipinski definition) is 5. The number of esters is 2. The number of carboxylic acid groups (broad SMARTS) is 1. The van der Waals surface area contributed by atoms with Gasteiger partial charge in [-0.05, 0) is 45.6 Å². The Morgan fingerprint density at radius 2 is 1.72 bits per heavy atom. The molecule has 2 aliphatic rings. The van der Waals surface area contributed by atoms with Gasteiger partial charge in [-0.25, -0.2) is 14.4 Å². The number of carbonyl (C=O) groups is 3. The van der Waals surface area contributed by atoms with Crippen LogP contribution in [0.4, 0.5) is 0 Å². The van der Waals surface area contributed by atoms with Gasteiger partial charge in [0.05, 0.1) is 31.5 Å². The average Bonchev–Trinajstić information content (AvgIpc) is 3.11. The number of cyclic esters (lactones) is 1. The van der Waals surface area contributed by atoms with Crippen molar-refractivity contribution in [3.05, 3.63) is 59.4 Å². The Labute approximate surface area is 320 Å². The van der Waals surface area contributed by atoms with Crippen LogP contribution >= 0.6 is 0 Å². The summed E-state index contributed by atoms with van der Waals surface area (Å²) in [4.78, 5) is 37.0. The fraction of sp³-hybridized carbons (Fsp3) is 0.683. The van der Waals surface area contributed by atoms with Crippen LogP contribution in [0.2, 0.25) is 0 Å². The van der Waals surface area contributed by atoms with E-state index in [9.17, 15) is 34.8 Å². The topological polar surface area (TPSA) is 199 Å². The lowest BCUT2D eigenvalue weighted by molar-refractivity contribution is -0.319. The molecule has 0 bridgehead atoms. The number of aliphatic hydroxyl groups excluding tert-OH is 3. The third-order valence-corrected chi connectivity index (χ3v) is 11.1. The first-order valence-corrected chi connectivity index (χ1v) is 18.8. The number of methoxy groups -OCH3 is 2. The molecule has 14 unspecified atom stereocenters. The summed E-state index contributed by atoms with van der Waals surface area (Å²) in [5.74, 6) is -8.39. The first-order valence-electron chi connectivity index (χ1n) is 18.8. The molecule has 14 atom stereocenters. The van der Waals surface area contributed by atoms with Crippen LogP contribution in [0.25, 0.3) is 0 Å².